The van der Waals surface area contributed by atoms with E-state index in [-0.39, 0.29) is 21.0 Å². The van der Waals surface area contributed by atoms with Crippen LogP contribution in [0.15, 0.2) is 109 Å². The molecule has 0 aliphatic rings. The molecule has 4 aromatic carbocycles. The van der Waals surface area contributed by atoms with Gasteiger partial charge in [-0.2, -0.15) is 0 Å². The Morgan fingerprint density at radius 3 is 1.92 bits per heavy atom. The van der Waals surface area contributed by atoms with Crippen LogP contribution in [0.2, 0.25) is 0 Å². The molecule has 0 saturated carbocycles. The number of hydrogen-bond donors (Lipinski definition) is 0. The highest BCUT2D eigenvalue weighted by Crippen LogP contribution is 2.48. The van der Waals surface area contributed by atoms with E-state index in [9.17, 15) is 4.79 Å². The lowest BCUT2D eigenvalue weighted by atomic mass is 9.78. The van der Waals surface area contributed by atoms with Crippen molar-refractivity contribution in [2.75, 3.05) is 0 Å². The van der Waals surface area contributed by atoms with Crippen molar-refractivity contribution in [1.29, 1.82) is 0 Å². The Morgan fingerprint density at radius 2 is 1.27 bits per heavy atom. The quantitative estimate of drug-likeness (QED) is 0.207. The van der Waals surface area contributed by atoms with Crippen LogP contribution in [0.4, 0.5) is 0 Å². The summed E-state index contributed by atoms with van der Waals surface area (Å²) >= 11 is 9.04. The molecule has 0 spiro atoms. The van der Waals surface area contributed by atoms with Crippen molar-refractivity contribution in [3.05, 3.63) is 131 Å². The molecule has 4 heteroatoms. The second kappa shape index (κ2) is 12.3. The van der Waals surface area contributed by atoms with Crippen LogP contribution in [-0.4, -0.2) is 19.3 Å². The van der Waals surface area contributed by atoms with Crippen LogP contribution in [-0.2, 0) is 0 Å². The van der Waals surface area contributed by atoms with Gasteiger partial charge in [0.05, 0.1) is 4.20 Å². The maximum absolute atomic E-state index is 13.2. The Hall–Kier alpha value is -2.66. The summed E-state index contributed by atoms with van der Waals surface area (Å²) in [5.41, 5.74) is 6.30. The van der Waals surface area contributed by atoms with E-state index in [2.05, 4.69) is 100 Å². The molecular formula is C33H32OS3. The number of benzene rings is 4. The Morgan fingerprint density at radius 1 is 0.730 bits per heavy atom. The highest BCUT2D eigenvalue weighted by molar-refractivity contribution is 8.24. The lowest BCUT2D eigenvalue weighted by molar-refractivity contribution is 0.108. The Kier molecular flexibility index (Phi) is 9.07. The van der Waals surface area contributed by atoms with E-state index in [0.717, 1.165) is 26.5 Å². The topological polar surface area (TPSA) is 17.1 Å². The van der Waals surface area contributed by atoms with Gasteiger partial charge in [-0.15, -0.1) is 11.8 Å². The third kappa shape index (κ3) is 6.62. The van der Waals surface area contributed by atoms with E-state index >= 15 is 0 Å². The zero-order valence-corrected chi connectivity index (χ0v) is 24.1. The zero-order chi connectivity index (χ0) is 26.4. The second-order valence-electron chi connectivity index (χ2n) is 9.79. The lowest BCUT2D eigenvalue weighted by Crippen LogP contribution is -2.29. The fraction of sp³-hybridized carbons (Fsp3) is 0.212. The number of thiocarbonyl (C=S) groups is 1. The van der Waals surface area contributed by atoms with Crippen molar-refractivity contribution < 1.29 is 4.79 Å². The van der Waals surface area contributed by atoms with Gasteiger partial charge >= 0.3 is 0 Å². The molecule has 188 valence electrons. The van der Waals surface area contributed by atoms with Crippen LogP contribution < -0.4 is 0 Å². The molecule has 0 heterocycles. The van der Waals surface area contributed by atoms with E-state index < -0.39 is 0 Å². The maximum Gasteiger partial charge on any atom is 0.220 e. The normalized spacial score (nSPS) is 12.4. The number of carbonyl (C=O) groups excluding carboxylic acids is 1. The molecule has 0 N–H and O–H groups in total. The van der Waals surface area contributed by atoms with E-state index in [1.54, 1.807) is 11.8 Å². The smallest absolute Gasteiger partial charge is 0.220 e. The van der Waals surface area contributed by atoms with Crippen LogP contribution >= 0.6 is 35.7 Å². The van der Waals surface area contributed by atoms with Crippen molar-refractivity contribution >= 4 is 45.1 Å². The highest BCUT2D eigenvalue weighted by atomic mass is 32.2. The van der Waals surface area contributed by atoms with Crippen molar-refractivity contribution in [2.45, 2.75) is 43.6 Å². The molecule has 0 bridgehead atoms. The van der Waals surface area contributed by atoms with Gasteiger partial charge in [0.15, 0.2) is 0 Å². The summed E-state index contributed by atoms with van der Waals surface area (Å²) in [4.78, 5) is 13.2. The lowest BCUT2D eigenvalue weighted by Gasteiger charge is -2.36. The first kappa shape index (κ1) is 27.4. The second-order valence-corrected chi connectivity index (χ2v) is 13.7. The van der Waals surface area contributed by atoms with E-state index in [0.29, 0.717) is 0 Å². The predicted octanol–water partition coefficient (Wildman–Crippen LogP) is 9.65. The molecule has 1 nitrogen and oxygen atoms in total. The minimum absolute atomic E-state index is 0.0393. The molecule has 1 unspecified atom stereocenters. The van der Waals surface area contributed by atoms with Crippen LogP contribution in [0.5, 0.6) is 0 Å². The molecule has 0 saturated heterocycles. The summed E-state index contributed by atoms with van der Waals surface area (Å²) in [6.45, 7) is 8.65. The maximum atomic E-state index is 13.2. The summed E-state index contributed by atoms with van der Waals surface area (Å²) in [6.07, 6.45) is 0. The van der Waals surface area contributed by atoms with Crippen LogP contribution in [0.3, 0.4) is 0 Å². The van der Waals surface area contributed by atoms with Crippen molar-refractivity contribution in [1.82, 2.24) is 0 Å². The van der Waals surface area contributed by atoms with E-state index in [1.165, 1.54) is 22.9 Å². The first-order valence-corrected chi connectivity index (χ1v) is 14.6. The number of carbonyl (C=O) groups is 1. The Balaban J connectivity index is 1.84. The van der Waals surface area contributed by atoms with Gasteiger partial charge in [0, 0.05) is 21.5 Å². The molecule has 4 aromatic rings. The fourth-order valence-corrected chi connectivity index (χ4v) is 7.33. The average Bonchev–Trinajstić information content (AvgIpc) is 2.89. The third-order valence-electron chi connectivity index (χ3n) is 6.25. The van der Waals surface area contributed by atoms with Gasteiger partial charge < -0.3 is 0 Å². The highest BCUT2D eigenvalue weighted by Gasteiger charge is 2.36. The monoisotopic (exact) mass is 540 g/mol. The fourth-order valence-electron chi connectivity index (χ4n) is 4.70. The molecule has 0 fully saturated rings. The molecule has 1 atom stereocenters. The molecule has 0 aliphatic carbocycles. The van der Waals surface area contributed by atoms with Crippen LogP contribution in [0, 0.1) is 0 Å². The summed E-state index contributed by atoms with van der Waals surface area (Å²) in [5.74, 6) is 0.0393. The van der Waals surface area contributed by atoms with Gasteiger partial charge in [0.2, 0.25) is 5.12 Å². The molecule has 0 aromatic heterocycles. The standard InChI is InChI=1S/C33H32OS3/c1-23(2)36-31(34)29-22-14-12-20-27(29)26-19-11-13-21-28(26)30(24-15-7-5-8-16-24)33(3,4)37-32(35)25-17-9-6-10-18-25/h5-23,30H,1-4H3. The molecule has 4 rings (SSSR count). The average molecular weight is 541 g/mol. The van der Waals surface area contributed by atoms with Gasteiger partial charge in [-0.3, -0.25) is 4.79 Å². The molecule has 0 radical (unpaired) electrons. The zero-order valence-electron chi connectivity index (χ0n) is 21.7. The van der Waals surface area contributed by atoms with Crippen molar-refractivity contribution in [3.8, 4) is 11.1 Å². The Bertz CT molecular complexity index is 1360. The number of hydrogen-bond acceptors (Lipinski definition) is 4. The molecule has 0 amide bonds. The minimum Gasteiger partial charge on any atom is -0.282 e. The van der Waals surface area contributed by atoms with Gasteiger partial charge in [-0.1, -0.05) is 141 Å². The molecule has 37 heavy (non-hydrogen) atoms. The largest absolute Gasteiger partial charge is 0.282 e. The summed E-state index contributed by atoms with van der Waals surface area (Å²) < 4.78 is 0.614. The van der Waals surface area contributed by atoms with E-state index in [1.807, 2.05) is 36.4 Å². The first-order valence-electron chi connectivity index (χ1n) is 12.5. The van der Waals surface area contributed by atoms with Crippen molar-refractivity contribution in [3.63, 3.8) is 0 Å². The number of thioether (sulfide) groups is 2. The number of rotatable bonds is 8. The molecule has 0 aliphatic heterocycles. The minimum atomic E-state index is -0.268. The van der Waals surface area contributed by atoms with E-state index in [4.69, 9.17) is 12.2 Å². The van der Waals surface area contributed by atoms with Gasteiger partial charge in [-0.05, 0) is 47.7 Å². The first-order chi connectivity index (χ1) is 17.8. The van der Waals surface area contributed by atoms with Gasteiger partial charge in [0.25, 0.3) is 0 Å². The van der Waals surface area contributed by atoms with Gasteiger partial charge in [0.1, 0.15) is 0 Å². The molecular weight excluding hydrogens is 509 g/mol. The van der Waals surface area contributed by atoms with Crippen LogP contribution in [0.1, 0.15) is 60.7 Å². The predicted molar refractivity (Wildman–Crippen MR) is 167 cm³/mol. The summed E-state index contributed by atoms with van der Waals surface area (Å²) in [7, 11) is 0. The third-order valence-corrected chi connectivity index (χ3v) is 8.82. The van der Waals surface area contributed by atoms with Crippen molar-refractivity contribution in [2.24, 2.45) is 0 Å². The van der Waals surface area contributed by atoms with Gasteiger partial charge in [-0.25, -0.2) is 0 Å². The summed E-state index contributed by atoms with van der Waals surface area (Å²) in [5, 5.41) is 0.331. The summed E-state index contributed by atoms with van der Waals surface area (Å²) in [6, 6.07) is 37.4. The Labute approximate surface area is 235 Å². The SMILES string of the molecule is CC(C)SC(=O)c1ccccc1-c1ccccc1C(c1ccccc1)C(C)(C)SC(=S)c1ccccc1. The van der Waals surface area contributed by atoms with Crippen LogP contribution in [0.25, 0.3) is 11.1 Å².